The minimum Gasteiger partial charge on any atom is -0.477 e. The van der Waals surface area contributed by atoms with Crippen LogP contribution in [0.5, 0.6) is 0 Å². The van der Waals surface area contributed by atoms with Crippen molar-refractivity contribution in [3.63, 3.8) is 0 Å². The molecular formula is C9H6BrF3O3. The van der Waals surface area contributed by atoms with Crippen molar-refractivity contribution in [2.24, 2.45) is 0 Å². The highest BCUT2D eigenvalue weighted by molar-refractivity contribution is 9.10. The van der Waals surface area contributed by atoms with Crippen LogP contribution in [0, 0.1) is 5.82 Å². The Morgan fingerprint density at radius 1 is 1.44 bits per heavy atom. The van der Waals surface area contributed by atoms with Crippen LogP contribution in [0.2, 0.25) is 0 Å². The molecule has 0 spiro atoms. The van der Waals surface area contributed by atoms with E-state index in [-0.39, 0.29) is 0 Å². The molecule has 0 amide bonds. The van der Waals surface area contributed by atoms with Crippen molar-refractivity contribution in [3.05, 3.63) is 34.1 Å². The number of hydrogen-bond acceptors (Lipinski definition) is 2. The van der Waals surface area contributed by atoms with Crippen LogP contribution in [0.4, 0.5) is 13.2 Å². The average Bonchev–Trinajstić information content (AvgIpc) is 2.16. The summed E-state index contributed by atoms with van der Waals surface area (Å²) in [5, 5.41) is 17.3. The first-order valence-corrected chi connectivity index (χ1v) is 4.80. The largest absolute Gasteiger partial charge is 0.477 e. The second-order valence-corrected chi connectivity index (χ2v) is 3.91. The lowest BCUT2D eigenvalue weighted by Gasteiger charge is -2.19. The van der Waals surface area contributed by atoms with Gasteiger partial charge in [0.25, 0.3) is 0 Å². The van der Waals surface area contributed by atoms with Gasteiger partial charge in [0.05, 0.1) is 0 Å². The molecule has 88 valence electrons. The van der Waals surface area contributed by atoms with Crippen molar-refractivity contribution < 1.29 is 28.2 Å². The molecule has 16 heavy (non-hydrogen) atoms. The SMILES string of the molecule is O=C(O)C(F)(F)C(O)c1ccc(Br)cc1F. The molecule has 2 N–H and O–H groups in total. The van der Waals surface area contributed by atoms with Crippen molar-refractivity contribution in [1.29, 1.82) is 0 Å². The Balaban J connectivity index is 3.14. The number of rotatable bonds is 3. The maximum atomic E-state index is 13.2. The van der Waals surface area contributed by atoms with E-state index in [0.29, 0.717) is 4.47 Å². The highest BCUT2D eigenvalue weighted by Crippen LogP contribution is 2.33. The van der Waals surface area contributed by atoms with Crippen molar-refractivity contribution >= 4 is 21.9 Å². The molecule has 0 saturated heterocycles. The van der Waals surface area contributed by atoms with Crippen LogP contribution in [0.25, 0.3) is 0 Å². The van der Waals surface area contributed by atoms with E-state index in [4.69, 9.17) is 10.2 Å². The molecule has 1 unspecified atom stereocenters. The van der Waals surface area contributed by atoms with Crippen LogP contribution in [-0.4, -0.2) is 22.1 Å². The lowest BCUT2D eigenvalue weighted by molar-refractivity contribution is -0.183. The third kappa shape index (κ3) is 2.35. The van der Waals surface area contributed by atoms with E-state index >= 15 is 0 Å². The number of aliphatic carboxylic acids is 1. The van der Waals surface area contributed by atoms with E-state index in [9.17, 15) is 18.0 Å². The summed E-state index contributed by atoms with van der Waals surface area (Å²) in [6.45, 7) is 0. The molecule has 3 nitrogen and oxygen atoms in total. The summed E-state index contributed by atoms with van der Waals surface area (Å²) in [4.78, 5) is 10.2. The van der Waals surface area contributed by atoms with E-state index in [2.05, 4.69) is 15.9 Å². The second-order valence-electron chi connectivity index (χ2n) is 3.00. The molecule has 1 aromatic rings. The van der Waals surface area contributed by atoms with Crippen LogP contribution in [0.3, 0.4) is 0 Å². The number of hydrogen-bond donors (Lipinski definition) is 2. The van der Waals surface area contributed by atoms with E-state index < -0.39 is 29.4 Å². The van der Waals surface area contributed by atoms with E-state index in [0.717, 1.165) is 12.1 Å². The average molecular weight is 299 g/mol. The number of halogens is 4. The first-order valence-electron chi connectivity index (χ1n) is 4.01. The molecule has 7 heteroatoms. The Morgan fingerprint density at radius 3 is 2.44 bits per heavy atom. The van der Waals surface area contributed by atoms with E-state index in [1.807, 2.05) is 0 Å². The Kier molecular flexibility index (Phi) is 3.59. The monoisotopic (exact) mass is 298 g/mol. The molecule has 0 saturated carbocycles. The smallest absolute Gasteiger partial charge is 0.377 e. The molecule has 1 rings (SSSR count). The van der Waals surface area contributed by atoms with E-state index in [1.165, 1.54) is 6.07 Å². The van der Waals surface area contributed by atoms with Crippen LogP contribution < -0.4 is 0 Å². The number of aliphatic hydroxyl groups is 1. The highest BCUT2D eigenvalue weighted by Gasteiger charge is 2.48. The molecule has 0 aliphatic carbocycles. The lowest BCUT2D eigenvalue weighted by Crippen LogP contribution is -2.35. The van der Waals surface area contributed by atoms with Gasteiger partial charge in [-0.3, -0.25) is 0 Å². The third-order valence-electron chi connectivity index (χ3n) is 1.89. The fraction of sp³-hybridized carbons (Fsp3) is 0.222. The van der Waals surface area contributed by atoms with Gasteiger partial charge in [0.2, 0.25) is 0 Å². The molecule has 0 aromatic heterocycles. The molecule has 0 heterocycles. The highest BCUT2D eigenvalue weighted by atomic mass is 79.9. The van der Waals surface area contributed by atoms with Crippen LogP contribution in [-0.2, 0) is 4.79 Å². The topological polar surface area (TPSA) is 57.5 Å². The zero-order valence-electron chi connectivity index (χ0n) is 7.62. The Bertz CT molecular complexity index is 422. The van der Waals surface area contributed by atoms with Gasteiger partial charge in [-0.15, -0.1) is 0 Å². The van der Waals surface area contributed by atoms with Gasteiger partial charge in [0.1, 0.15) is 5.82 Å². The summed E-state index contributed by atoms with van der Waals surface area (Å²) in [5.74, 6) is -8.06. The lowest BCUT2D eigenvalue weighted by atomic mass is 10.0. The normalized spacial score (nSPS) is 13.6. The molecule has 1 aromatic carbocycles. The summed E-state index contributed by atoms with van der Waals surface area (Å²) in [5.41, 5.74) is -0.768. The van der Waals surface area contributed by atoms with Crippen LogP contribution in [0.15, 0.2) is 22.7 Å². The molecule has 0 bridgehead atoms. The molecule has 0 aliphatic heterocycles. The summed E-state index contributed by atoms with van der Waals surface area (Å²) < 4.78 is 39.2. The molecule has 0 fully saturated rings. The number of carboxylic acids is 1. The van der Waals surface area contributed by atoms with Gasteiger partial charge in [-0.2, -0.15) is 8.78 Å². The van der Waals surface area contributed by atoms with Crippen molar-refractivity contribution in [1.82, 2.24) is 0 Å². The molecule has 0 radical (unpaired) electrons. The maximum Gasteiger partial charge on any atom is 0.377 e. The van der Waals surface area contributed by atoms with Gasteiger partial charge in [-0.05, 0) is 12.1 Å². The number of alkyl halides is 2. The minimum absolute atomic E-state index is 0.291. The van der Waals surface area contributed by atoms with Crippen LogP contribution >= 0.6 is 15.9 Å². The fourth-order valence-electron chi connectivity index (χ4n) is 1.04. The van der Waals surface area contributed by atoms with Crippen molar-refractivity contribution in [2.45, 2.75) is 12.0 Å². The maximum absolute atomic E-state index is 13.2. The van der Waals surface area contributed by atoms with Gasteiger partial charge >= 0.3 is 11.9 Å². The van der Waals surface area contributed by atoms with Crippen molar-refractivity contribution in [3.8, 4) is 0 Å². The minimum atomic E-state index is -4.44. The predicted molar refractivity (Wildman–Crippen MR) is 51.6 cm³/mol. The number of carbonyl (C=O) groups is 1. The van der Waals surface area contributed by atoms with Crippen LogP contribution in [0.1, 0.15) is 11.7 Å². The summed E-state index contributed by atoms with van der Waals surface area (Å²) in [6, 6.07) is 2.97. The van der Waals surface area contributed by atoms with Gasteiger partial charge in [0.15, 0.2) is 6.10 Å². The molecule has 1 atom stereocenters. The number of carboxylic acid groups (broad SMARTS) is 1. The molecular weight excluding hydrogens is 293 g/mol. The van der Waals surface area contributed by atoms with E-state index in [1.54, 1.807) is 0 Å². The quantitative estimate of drug-likeness (QED) is 0.900. The van der Waals surface area contributed by atoms with Crippen molar-refractivity contribution in [2.75, 3.05) is 0 Å². The van der Waals surface area contributed by atoms with Gasteiger partial charge in [-0.25, -0.2) is 9.18 Å². The Morgan fingerprint density at radius 2 is 2.00 bits per heavy atom. The standard InChI is InChI=1S/C9H6BrF3O3/c10-4-1-2-5(6(11)3-4)7(14)9(12,13)8(15)16/h1-3,7,14H,(H,15,16). The van der Waals surface area contributed by atoms with Gasteiger partial charge in [0, 0.05) is 10.0 Å². The summed E-state index contributed by atoms with van der Waals surface area (Å²) in [7, 11) is 0. The predicted octanol–water partition coefficient (Wildman–Crippen LogP) is 2.34. The fourth-order valence-corrected chi connectivity index (χ4v) is 1.37. The second kappa shape index (κ2) is 4.42. The number of benzene rings is 1. The van der Waals surface area contributed by atoms with Gasteiger partial charge < -0.3 is 10.2 Å². The Hall–Kier alpha value is -1.08. The Labute approximate surface area is 96.6 Å². The van der Waals surface area contributed by atoms with Gasteiger partial charge in [-0.1, -0.05) is 22.0 Å². The zero-order chi connectivity index (χ0) is 12.5. The summed E-state index contributed by atoms with van der Waals surface area (Å²) in [6.07, 6.45) is -2.72. The first-order chi connectivity index (χ1) is 7.26. The third-order valence-corrected chi connectivity index (χ3v) is 2.38. The zero-order valence-corrected chi connectivity index (χ0v) is 9.21. The summed E-state index contributed by atoms with van der Waals surface area (Å²) >= 11 is 2.90. The first kappa shape index (κ1) is 13.0. The molecule has 0 aliphatic rings. The number of aliphatic hydroxyl groups excluding tert-OH is 1.